The third-order valence-corrected chi connectivity index (χ3v) is 4.52. The van der Waals surface area contributed by atoms with Crippen molar-refractivity contribution in [2.75, 3.05) is 11.9 Å². The third-order valence-electron chi connectivity index (χ3n) is 4.52. The van der Waals surface area contributed by atoms with Crippen molar-refractivity contribution < 1.29 is 19.4 Å². The van der Waals surface area contributed by atoms with Gasteiger partial charge in [-0.3, -0.25) is 4.79 Å². The standard InChI is InChI=1S/C21H29N3O4/c1-3-5-6-7-12-19(21(27)28-4-2)24-13-18(22-15-24)20(26)23-17-11-9-8-10-16(17)14-25/h8-11,13,15,19,25H,3-7,12,14H2,1-2H3,(H,23,26). The lowest BCUT2D eigenvalue weighted by molar-refractivity contribution is -0.147. The third kappa shape index (κ3) is 5.92. The molecule has 1 aromatic carbocycles. The molecule has 2 aromatic rings. The summed E-state index contributed by atoms with van der Waals surface area (Å²) in [6, 6.07) is 6.53. The minimum absolute atomic E-state index is 0.173. The van der Waals surface area contributed by atoms with Gasteiger partial charge in [0.05, 0.1) is 19.5 Å². The molecular formula is C21H29N3O4. The van der Waals surface area contributed by atoms with E-state index in [2.05, 4.69) is 17.2 Å². The fraction of sp³-hybridized carbons (Fsp3) is 0.476. The molecule has 2 N–H and O–H groups in total. The van der Waals surface area contributed by atoms with Gasteiger partial charge in [-0.05, 0) is 19.4 Å². The van der Waals surface area contributed by atoms with E-state index >= 15 is 0 Å². The Morgan fingerprint density at radius 3 is 2.71 bits per heavy atom. The molecule has 1 atom stereocenters. The first-order valence-electron chi connectivity index (χ1n) is 9.80. The van der Waals surface area contributed by atoms with Crippen LogP contribution in [-0.2, 0) is 16.1 Å². The van der Waals surface area contributed by atoms with Crippen LogP contribution in [0.3, 0.4) is 0 Å². The number of ether oxygens (including phenoxy) is 1. The van der Waals surface area contributed by atoms with Crippen molar-refractivity contribution in [1.29, 1.82) is 0 Å². The number of hydrogen-bond donors (Lipinski definition) is 2. The van der Waals surface area contributed by atoms with Gasteiger partial charge in [0.1, 0.15) is 11.7 Å². The van der Waals surface area contributed by atoms with Crippen molar-refractivity contribution in [1.82, 2.24) is 9.55 Å². The van der Waals surface area contributed by atoms with Crippen LogP contribution in [0.1, 0.15) is 68.0 Å². The second-order valence-corrected chi connectivity index (χ2v) is 6.59. The molecule has 7 nitrogen and oxygen atoms in total. The second-order valence-electron chi connectivity index (χ2n) is 6.59. The number of nitrogens with zero attached hydrogens (tertiary/aromatic N) is 2. The topological polar surface area (TPSA) is 93.5 Å². The Bertz CT molecular complexity index is 773. The predicted octanol–water partition coefficient (Wildman–Crippen LogP) is 3.70. The van der Waals surface area contributed by atoms with Crippen LogP contribution < -0.4 is 5.32 Å². The predicted molar refractivity (Wildman–Crippen MR) is 107 cm³/mol. The first-order valence-corrected chi connectivity index (χ1v) is 9.80. The van der Waals surface area contributed by atoms with E-state index in [-0.39, 0.29) is 18.3 Å². The van der Waals surface area contributed by atoms with Crippen LogP contribution in [0.25, 0.3) is 0 Å². The fourth-order valence-corrected chi connectivity index (χ4v) is 2.98. The highest BCUT2D eigenvalue weighted by atomic mass is 16.5. The lowest BCUT2D eigenvalue weighted by atomic mass is 10.1. The Kier molecular flexibility index (Phi) is 8.68. The molecule has 152 valence electrons. The van der Waals surface area contributed by atoms with Gasteiger partial charge >= 0.3 is 5.97 Å². The second kappa shape index (κ2) is 11.2. The molecule has 0 saturated carbocycles. The van der Waals surface area contributed by atoms with E-state index in [0.29, 0.717) is 24.3 Å². The number of hydrogen-bond acceptors (Lipinski definition) is 5. The molecule has 0 aliphatic rings. The first-order chi connectivity index (χ1) is 13.6. The van der Waals surface area contributed by atoms with Gasteiger partial charge in [-0.1, -0.05) is 50.8 Å². The van der Waals surface area contributed by atoms with Gasteiger partial charge in [0.15, 0.2) is 0 Å². The molecule has 0 aliphatic heterocycles. The number of nitrogens with one attached hydrogen (secondary N) is 1. The molecule has 0 radical (unpaired) electrons. The van der Waals surface area contributed by atoms with Gasteiger partial charge in [0.2, 0.25) is 0 Å². The van der Waals surface area contributed by atoms with E-state index in [1.165, 1.54) is 6.33 Å². The largest absolute Gasteiger partial charge is 0.464 e. The summed E-state index contributed by atoms with van der Waals surface area (Å²) in [7, 11) is 0. The van der Waals surface area contributed by atoms with Crippen molar-refractivity contribution in [2.24, 2.45) is 0 Å². The number of aromatic nitrogens is 2. The average molecular weight is 387 g/mol. The van der Waals surface area contributed by atoms with Crippen LogP contribution >= 0.6 is 0 Å². The van der Waals surface area contributed by atoms with Crippen LogP contribution in [0.15, 0.2) is 36.8 Å². The van der Waals surface area contributed by atoms with Crippen LogP contribution in [-0.4, -0.2) is 33.1 Å². The van der Waals surface area contributed by atoms with Crippen LogP contribution in [0.4, 0.5) is 5.69 Å². The number of para-hydroxylation sites is 1. The molecule has 28 heavy (non-hydrogen) atoms. The van der Waals surface area contributed by atoms with Gasteiger partial charge in [-0.15, -0.1) is 0 Å². The highest BCUT2D eigenvalue weighted by molar-refractivity contribution is 6.03. The van der Waals surface area contributed by atoms with Gasteiger partial charge in [0, 0.05) is 17.4 Å². The van der Waals surface area contributed by atoms with Gasteiger partial charge in [0.25, 0.3) is 5.91 Å². The molecule has 2 rings (SSSR count). The summed E-state index contributed by atoms with van der Waals surface area (Å²) in [5.41, 5.74) is 1.36. The Labute approximate surface area is 165 Å². The number of unbranched alkanes of at least 4 members (excludes halogenated alkanes) is 3. The number of anilines is 1. The van der Waals surface area contributed by atoms with Gasteiger partial charge in [-0.2, -0.15) is 0 Å². The molecule has 0 aliphatic carbocycles. The molecule has 1 heterocycles. The van der Waals surface area contributed by atoms with Crippen molar-refractivity contribution in [3.05, 3.63) is 48.0 Å². The Morgan fingerprint density at radius 1 is 1.21 bits per heavy atom. The lowest BCUT2D eigenvalue weighted by Crippen LogP contribution is -2.21. The van der Waals surface area contributed by atoms with Crippen LogP contribution in [0.5, 0.6) is 0 Å². The first kappa shape index (κ1) is 21.6. The number of rotatable bonds is 11. The summed E-state index contributed by atoms with van der Waals surface area (Å²) in [5, 5.41) is 12.1. The molecule has 0 fully saturated rings. The maximum Gasteiger partial charge on any atom is 0.329 e. The van der Waals surface area contributed by atoms with E-state index in [1.807, 2.05) is 0 Å². The summed E-state index contributed by atoms with van der Waals surface area (Å²) in [4.78, 5) is 29.0. The maximum atomic E-state index is 12.5. The number of aliphatic hydroxyl groups is 1. The summed E-state index contributed by atoms with van der Waals surface area (Å²) in [6.07, 6.45) is 7.90. The molecule has 0 bridgehead atoms. The SMILES string of the molecule is CCCCCCC(C(=O)OCC)n1cnc(C(=O)Nc2ccccc2CO)c1. The quantitative estimate of drug-likeness (QED) is 0.453. The zero-order chi connectivity index (χ0) is 20.4. The number of benzene rings is 1. The number of carbonyl (C=O) groups excluding carboxylic acids is 2. The fourth-order valence-electron chi connectivity index (χ4n) is 2.98. The number of esters is 1. The molecule has 1 aromatic heterocycles. The normalized spacial score (nSPS) is 11.8. The summed E-state index contributed by atoms with van der Waals surface area (Å²) in [6.45, 7) is 4.05. The molecule has 0 saturated heterocycles. The van der Waals surface area contributed by atoms with Crippen LogP contribution in [0.2, 0.25) is 0 Å². The van der Waals surface area contributed by atoms with E-state index in [0.717, 1.165) is 25.7 Å². The number of carbonyl (C=O) groups is 2. The van der Waals surface area contributed by atoms with Crippen molar-refractivity contribution >= 4 is 17.6 Å². The molecular weight excluding hydrogens is 358 g/mol. The molecule has 0 spiro atoms. The van der Waals surface area contributed by atoms with Gasteiger partial charge < -0.3 is 19.7 Å². The highest BCUT2D eigenvalue weighted by Gasteiger charge is 2.23. The van der Waals surface area contributed by atoms with E-state index in [4.69, 9.17) is 4.74 Å². The van der Waals surface area contributed by atoms with Crippen molar-refractivity contribution in [2.45, 2.75) is 58.6 Å². The smallest absolute Gasteiger partial charge is 0.329 e. The maximum absolute atomic E-state index is 12.5. The summed E-state index contributed by atoms with van der Waals surface area (Å²) in [5.74, 6) is -0.706. The number of aliphatic hydroxyl groups excluding tert-OH is 1. The van der Waals surface area contributed by atoms with E-state index in [1.54, 1.807) is 42.0 Å². The monoisotopic (exact) mass is 387 g/mol. The molecule has 1 amide bonds. The molecule has 1 unspecified atom stereocenters. The lowest BCUT2D eigenvalue weighted by Gasteiger charge is -2.16. The van der Waals surface area contributed by atoms with Crippen molar-refractivity contribution in [3.63, 3.8) is 0 Å². The minimum Gasteiger partial charge on any atom is -0.464 e. The Morgan fingerprint density at radius 2 is 2.00 bits per heavy atom. The Hall–Kier alpha value is -2.67. The van der Waals surface area contributed by atoms with Crippen molar-refractivity contribution in [3.8, 4) is 0 Å². The van der Waals surface area contributed by atoms with E-state index < -0.39 is 11.9 Å². The summed E-state index contributed by atoms with van der Waals surface area (Å²) < 4.78 is 6.84. The number of amides is 1. The molecule has 7 heteroatoms. The van der Waals surface area contributed by atoms with E-state index in [9.17, 15) is 14.7 Å². The highest BCUT2D eigenvalue weighted by Crippen LogP contribution is 2.20. The number of imidazole rings is 1. The Balaban J connectivity index is 2.11. The average Bonchev–Trinajstić information content (AvgIpc) is 3.18. The van der Waals surface area contributed by atoms with Crippen LogP contribution in [0, 0.1) is 0 Å². The van der Waals surface area contributed by atoms with Gasteiger partial charge in [-0.25, -0.2) is 9.78 Å². The summed E-state index contributed by atoms with van der Waals surface area (Å²) >= 11 is 0. The zero-order valence-electron chi connectivity index (χ0n) is 16.6. The zero-order valence-corrected chi connectivity index (χ0v) is 16.6. The minimum atomic E-state index is -0.490.